The maximum atomic E-state index is 5.62. The van der Waals surface area contributed by atoms with Crippen molar-refractivity contribution in [2.75, 3.05) is 12.8 Å². The minimum absolute atomic E-state index is 0.0592. The summed E-state index contributed by atoms with van der Waals surface area (Å²) in [6.45, 7) is 2.00. The second kappa shape index (κ2) is 4.93. The molecule has 1 aromatic heterocycles. The van der Waals surface area contributed by atoms with Gasteiger partial charge in [-0.3, -0.25) is 4.98 Å². The number of hydrogen-bond acceptors (Lipinski definition) is 4. The lowest BCUT2D eigenvalue weighted by atomic mass is 10.1. The van der Waals surface area contributed by atoms with E-state index >= 15 is 0 Å². The SMILES string of the molecule is COC(C)c1cccc(-c2cncc(N)n2)c1. The molecule has 0 amide bonds. The van der Waals surface area contributed by atoms with Crippen molar-refractivity contribution < 1.29 is 4.74 Å². The van der Waals surface area contributed by atoms with Gasteiger partial charge in [-0.25, -0.2) is 4.98 Å². The standard InChI is InChI=1S/C13H15N3O/c1-9(17-2)10-4-3-5-11(6-10)12-7-15-8-13(14)16-12/h3-9H,1-2H3,(H2,14,16). The smallest absolute Gasteiger partial charge is 0.142 e. The Labute approximate surface area is 100 Å². The Morgan fingerprint density at radius 1 is 1.29 bits per heavy atom. The van der Waals surface area contributed by atoms with E-state index in [4.69, 9.17) is 10.5 Å². The van der Waals surface area contributed by atoms with Crippen LogP contribution in [0.2, 0.25) is 0 Å². The van der Waals surface area contributed by atoms with E-state index in [0.29, 0.717) is 5.82 Å². The molecule has 2 rings (SSSR count). The van der Waals surface area contributed by atoms with Crippen LogP contribution in [0.3, 0.4) is 0 Å². The topological polar surface area (TPSA) is 61.0 Å². The fourth-order valence-corrected chi connectivity index (χ4v) is 1.61. The van der Waals surface area contributed by atoms with E-state index in [1.54, 1.807) is 13.3 Å². The van der Waals surface area contributed by atoms with Gasteiger partial charge < -0.3 is 10.5 Å². The first-order valence-electron chi connectivity index (χ1n) is 5.41. The second-order valence-corrected chi connectivity index (χ2v) is 3.83. The number of aromatic nitrogens is 2. The average Bonchev–Trinajstić information content (AvgIpc) is 2.38. The van der Waals surface area contributed by atoms with Crippen LogP contribution in [0.25, 0.3) is 11.3 Å². The van der Waals surface area contributed by atoms with Gasteiger partial charge in [0.2, 0.25) is 0 Å². The molecule has 17 heavy (non-hydrogen) atoms. The number of rotatable bonds is 3. The molecular formula is C13H15N3O. The molecule has 0 aliphatic heterocycles. The second-order valence-electron chi connectivity index (χ2n) is 3.83. The molecule has 0 saturated heterocycles. The summed E-state index contributed by atoms with van der Waals surface area (Å²) >= 11 is 0. The average molecular weight is 229 g/mol. The minimum atomic E-state index is 0.0592. The Bertz CT molecular complexity index is 514. The van der Waals surface area contributed by atoms with Crippen molar-refractivity contribution >= 4 is 5.82 Å². The molecule has 1 heterocycles. The zero-order chi connectivity index (χ0) is 12.3. The van der Waals surface area contributed by atoms with E-state index < -0.39 is 0 Å². The Kier molecular flexibility index (Phi) is 3.35. The third kappa shape index (κ3) is 2.60. The van der Waals surface area contributed by atoms with Crippen molar-refractivity contribution in [1.29, 1.82) is 0 Å². The summed E-state index contributed by atoms with van der Waals surface area (Å²) in [6, 6.07) is 8.02. The summed E-state index contributed by atoms with van der Waals surface area (Å²) in [4.78, 5) is 8.28. The van der Waals surface area contributed by atoms with Crippen LogP contribution < -0.4 is 5.73 Å². The summed E-state index contributed by atoms with van der Waals surface area (Å²) in [5.41, 5.74) is 8.49. The summed E-state index contributed by atoms with van der Waals surface area (Å²) in [6.07, 6.45) is 3.29. The molecular weight excluding hydrogens is 214 g/mol. The van der Waals surface area contributed by atoms with Crippen molar-refractivity contribution in [3.8, 4) is 11.3 Å². The molecule has 0 bridgehead atoms. The van der Waals surface area contributed by atoms with Gasteiger partial charge in [-0.15, -0.1) is 0 Å². The van der Waals surface area contributed by atoms with E-state index in [9.17, 15) is 0 Å². The van der Waals surface area contributed by atoms with Gasteiger partial charge in [-0.1, -0.05) is 18.2 Å². The predicted octanol–water partition coefficient (Wildman–Crippen LogP) is 2.43. The summed E-state index contributed by atoms with van der Waals surface area (Å²) in [5, 5.41) is 0. The van der Waals surface area contributed by atoms with E-state index in [-0.39, 0.29) is 6.10 Å². The van der Waals surface area contributed by atoms with Crippen LogP contribution in [0.4, 0.5) is 5.82 Å². The van der Waals surface area contributed by atoms with Crippen molar-refractivity contribution in [3.63, 3.8) is 0 Å². The van der Waals surface area contributed by atoms with E-state index in [1.165, 1.54) is 6.20 Å². The fraction of sp³-hybridized carbons (Fsp3) is 0.231. The number of hydrogen-bond donors (Lipinski definition) is 1. The third-order valence-electron chi connectivity index (χ3n) is 2.66. The molecule has 2 aromatic rings. The Balaban J connectivity index is 2.39. The van der Waals surface area contributed by atoms with Crippen LogP contribution >= 0.6 is 0 Å². The Hall–Kier alpha value is -1.94. The number of ether oxygens (including phenoxy) is 1. The molecule has 2 N–H and O–H groups in total. The molecule has 0 saturated carbocycles. The molecule has 0 radical (unpaired) electrons. The Morgan fingerprint density at radius 3 is 2.82 bits per heavy atom. The number of nitrogens with zero attached hydrogens (tertiary/aromatic N) is 2. The highest BCUT2D eigenvalue weighted by Gasteiger charge is 2.06. The van der Waals surface area contributed by atoms with Crippen LogP contribution in [-0.4, -0.2) is 17.1 Å². The van der Waals surface area contributed by atoms with Crippen LogP contribution in [0.5, 0.6) is 0 Å². The van der Waals surface area contributed by atoms with Gasteiger partial charge >= 0.3 is 0 Å². The number of anilines is 1. The highest BCUT2D eigenvalue weighted by molar-refractivity contribution is 5.60. The van der Waals surface area contributed by atoms with E-state index in [2.05, 4.69) is 9.97 Å². The number of benzene rings is 1. The molecule has 4 heteroatoms. The quantitative estimate of drug-likeness (QED) is 0.878. The fourth-order valence-electron chi connectivity index (χ4n) is 1.61. The van der Waals surface area contributed by atoms with Crippen LogP contribution in [0, 0.1) is 0 Å². The zero-order valence-corrected chi connectivity index (χ0v) is 9.92. The van der Waals surface area contributed by atoms with Gasteiger partial charge in [0.15, 0.2) is 0 Å². The van der Waals surface area contributed by atoms with Crippen LogP contribution in [0.1, 0.15) is 18.6 Å². The maximum absolute atomic E-state index is 5.62. The molecule has 0 spiro atoms. The third-order valence-corrected chi connectivity index (χ3v) is 2.66. The Morgan fingerprint density at radius 2 is 2.12 bits per heavy atom. The van der Waals surface area contributed by atoms with Crippen molar-refractivity contribution in [3.05, 3.63) is 42.2 Å². The molecule has 1 aromatic carbocycles. The molecule has 0 fully saturated rings. The highest BCUT2D eigenvalue weighted by Crippen LogP contribution is 2.23. The lowest BCUT2D eigenvalue weighted by molar-refractivity contribution is 0.119. The molecule has 88 valence electrons. The zero-order valence-electron chi connectivity index (χ0n) is 9.92. The molecule has 0 aliphatic carbocycles. The lowest BCUT2D eigenvalue weighted by Crippen LogP contribution is -1.97. The van der Waals surface area contributed by atoms with Gasteiger partial charge in [-0.2, -0.15) is 0 Å². The number of nitrogen functional groups attached to an aromatic ring is 1. The highest BCUT2D eigenvalue weighted by atomic mass is 16.5. The van der Waals surface area contributed by atoms with Crippen LogP contribution in [0.15, 0.2) is 36.7 Å². The van der Waals surface area contributed by atoms with Gasteiger partial charge in [-0.05, 0) is 18.6 Å². The maximum Gasteiger partial charge on any atom is 0.142 e. The summed E-state index contributed by atoms with van der Waals surface area (Å²) in [7, 11) is 1.69. The minimum Gasteiger partial charge on any atom is -0.382 e. The first-order chi connectivity index (χ1) is 8.20. The molecule has 1 unspecified atom stereocenters. The normalized spacial score (nSPS) is 12.4. The number of methoxy groups -OCH3 is 1. The predicted molar refractivity (Wildman–Crippen MR) is 67.3 cm³/mol. The van der Waals surface area contributed by atoms with Gasteiger partial charge in [0.05, 0.1) is 24.2 Å². The molecule has 0 aliphatic rings. The van der Waals surface area contributed by atoms with Crippen LogP contribution in [-0.2, 0) is 4.74 Å². The summed E-state index contributed by atoms with van der Waals surface area (Å²) < 4.78 is 5.29. The monoisotopic (exact) mass is 229 g/mol. The van der Waals surface area contributed by atoms with E-state index in [1.807, 2.05) is 31.2 Å². The van der Waals surface area contributed by atoms with Gasteiger partial charge in [0, 0.05) is 12.7 Å². The largest absolute Gasteiger partial charge is 0.382 e. The molecule has 1 atom stereocenters. The van der Waals surface area contributed by atoms with E-state index in [0.717, 1.165) is 16.8 Å². The molecule has 4 nitrogen and oxygen atoms in total. The first-order valence-corrected chi connectivity index (χ1v) is 5.41. The number of nitrogens with two attached hydrogens (primary N) is 1. The van der Waals surface area contributed by atoms with Gasteiger partial charge in [0.1, 0.15) is 5.82 Å². The lowest BCUT2D eigenvalue weighted by Gasteiger charge is -2.11. The van der Waals surface area contributed by atoms with Crippen molar-refractivity contribution in [1.82, 2.24) is 9.97 Å². The van der Waals surface area contributed by atoms with Crippen molar-refractivity contribution in [2.45, 2.75) is 13.0 Å². The van der Waals surface area contributed by atoms with Crippen molar-refractivity contribution in [2.24, 2.45) is 0 Å². The summed E-state index contributed by atoms with van der Waals surface area (Å²) in [5.74, 6) is 0.424. The first kappa shape index (κ1) is 11.5. The van der Waals surface area contributed by atoms with Gasteiger partial charge in [0.25, 0.3) is 0 Å².